The molecule has 172 valence electrons. The van der Waals surface area contributed by atoms with Crippen molar-refractivity contribution in [1.29, 1.82) is 0 Å². The van der Waals surface area contributed by atoms with Gasteiger partial charge < -0.3 is 19.0 Å². The van der Waals surface area contributed by atoms with E-state index in [0.717, 1.165) is 5.57 Å². The van der Waals surface area contributed by atoms with Crippen molar-refractivity contribution >= 4 is 11.0 Å². The molecule has 0 amide bonds. The second-order valence-corrected chi connectivity index (χ2v) is 9.21. The number of fused-ring (bicyclic) bond motifs is 4. The molecular weight excluding hydrogens is 424 g/mol. The zero-order valence-electron chi connectivity index (χ0n) is 19.2. The summed E-state index contributed by atoms with van der Waals surface area (Å²) >= 11 is 0. The summed E-state index contributed by atoms with van der Waals surface area (Å²) in [4.78, 5) is 24.3. The Kier molecular flexibility index (Phi) is 4.99. The first-order valence-corrected chi connectivity index (χ1v) is 10.8. The standard InChI is InChI=1S/C26H26O7/c1-13(2)6-11-16-22-18(20(27)17(12-30-22)14-7-9-15(29-5)10-8-14)21(28)19-23(16)31-26(3,4)25-24(19)32-33-25/h6-10,12,24-25,28H,11H2,1-5H3. The summed E-state index contributed by atoms with van der Waals surface area (Å²) in [5, 5.41) is 11.4. The first kappa shape index (κ1) is 21.6. The highest BCUT2D eigenvalue weighted by Crippen LogP contribution is 2.55. The number of rotatable bonds is 4. The number of benzene rings is 2. The molecule has 2 unspecified atom stereocenters. The smallest absolute Gasteiger partial charge is 0.204 e. The number of ether oxygens (including phenoxy) is 2. The van der Waals surface area contributed by atoms with E-state index in [9.17, 15) is 9.90 Å². The van der Waals surface area contributed by atoms with Gasteiger partial charge in [-0.3, -0.25) is 4.79 Å². The molecule has 0 bridgehead atoms. The maximum Gasteiger partial charge on any atom is 0.204 e. The lowest BCUT2D eigenvalue weighted by Gasteiger charge is -2.49. The summed E-state index contributed by atoms with van der Waals surface area (Å²) in [6, 6.07) is 7.10. The Morgan fingerprint density at radius 2 is 1.91 bits per heavy atom. The van der Waals surface area contributed by atoms with Crippen LogP contribution in [0.2, 0.25) is 0 Å². The molecule has 0 saturated carbocycles. The lowest BCUT2D eigenvalue weighted by molar-refractivity contribution is -0.494. The average molecular weight is 450 g/mol. The average Bonchev–Trinajstić information content (AvgIpc) is 2.74. The third-order valence-corrected chi connectivity index (χ3v) is 6.27. The van der Waals surface area contributed by atoms with Crippen LogP contribution in [0, 0.1) is 0 Å². The van der Waals surface area contributed by atoms with Gasteiger partial charge in [-0.25, -0.2) is 9.78 Å². The highest BCUT2D eigenvalue weighted by molar-refractivity contribution is 5.93. The number of aromatic hydroxyl groups is 1. The molecule has 1 fully saturated rings. The van der Waals surface area contributed by atoms with Gasteiger partial charge in [0.1, 0.15) is 40.1 Å². The second kappa shape index (κ2) is 7.64. The van der Waals surface area contributed by atoms with Gasteiger partial charge in [0, 0.05) is 5.56 Å². The zero-order valence-corrected chi connectivity index (χ0v) is 19.2. The van der Waals surface area contributed by atoms with Gasteiger partial charge in [-0.15, -0.1) is 0 Å². The van der Waals surface area contributed by atoms with Gasteiger partial charge in [0.25, 0.3) is 0 Å². The van der Waals surface area contributed by atoms with Crippen LogP contribution in [0.5, 0.6) is 17.2 Å². The molecule has 0 spiro atoms. The minimum Gasteiger partial charge on any atom is -0.506 e. The highest BCUT2D eigenvalue weighted by atomic mass is 17.3. The van der Waals surface area contributed by atoms with Crippen molar-refractivity contribution < 1.29 is 28.8 Å². The second-order valence-electron chi connectivity index (χ2n) is 9.21. The van der Waals surface area contributed by atoms with E-state index < -0.39 is 17.8 Å². The van der Waals surface area contributed by atoms with E-state index in [-0.39, 0.29) is 16.6 Å². The van der Waals surface area contributed by atoms with E-state index in [1.54, 1.807) is 31.4 Å². The minimum absolute atomic E-state index is 0.108. The Labute approximate surface area is 191 Å². The number of hydrogen-bond acceptors (Lipinski definition) is 7. The normalized spacial score (nSPS) is 20.3. The predicted octanol–water partition coefficient (Wildman–Crippen LogP) is 5.23. The van der Waals surface area contributed by atoms with Crippen molar-refractivity contribution in [3.8, 4) is 28.4 Å². The molecule has 1 N–H and O–H groups in total. The maximum atomic E-state index is 13.6. The topological polar surface area (TPSA) is 87.4 Å². The van der Waals surface area contributed by atoms with Crippen LogP contribution >= 0.6 is 0 Å². The van der Waals surface area contributed by atoms with Crippen LogP contribution < -0.4 is 14.9 Å². The van der Waals surface area contributed by atoms with Crippen LogP contribution in [0.15, 0.2) is 51.4 Å². The molecule has 2 aliphatic heterocycles. The molecule has 2 atom stereocenters. The van der Waals surface area contributed by atoms with Crippen LogP contribution in [-0.2, 0) is 16.2 Å². The van der Waals surface area contributed by atoms with Crippen molar-refractivity contribution in [3.05, 3.63) is 63.5 Å². The molecule has 3 heterocycles. The van der Waals surface area contributed by atoms with Gasteiger partial charge in [-0.2, -0.15) is 0 Å². The van der Waals surface area contributed by atoms with E-state index in [1.807, 2.05) is 33.8 Å². The van der Waals surface area contributed by atoms with Crippen molar-refractivity contribution in [2.24, 2.45) is 0 Å². The van der Waals surface area contributed by atoms with Crippen molar-refractivity contribution in [2.75, 3.05) is 7.11 Å². The highest BCUT2D eigenvalue weighted by Gasteiger charge is 2.55. The minimum atomic E-state index is -0.681. The molecule has 33 heavy (non-hydrogen) atoms. The lowest BCUT2D eigenvalue weighted by Crippen LogP contribution is -2.56. The Balaban J connectivity index is 1.79. The van der Waals surface area contributed by atoms with Crippen LogP contribution in [0.25, 0.3) is 22.1 Å². The lowest BCUT2D eigenvalue weighted by atomic mass is 9.84. The monoisotopic (exact) mass is 450 g/mol. The third kappa shape index (κ3) is 3.31. The third-order valence-electron chi connectivity index (χ3n) is 6.27. The van der Waals surface area contributed by atoms with E-state index in [4.69, 9.17) is 23.7 Å². The van der Waals surface area contributed by atoms with Crippen LogP contribution in [-0.4, -0.2) is 23.9 Å². The summed E-state index contributed by atoms with van der Waals surface area (Å²) in [7, 11) is 1.58. The Morgan fingerprint density at radius 1 is 1.18 bits per heavy atom. The van der Waals surface area contributed by atoms with E-state index in [0.29, 0.717) is 45.8 Å². The maximum absolute atomic E-state index is 13.6. The Bertz CT molecular complexity index is 1330. The van der Waals surface area contributed by atoms with Gasteiger partial charge in [0.2, 0.25) is 5.43 Å². The fourth-order valence-corrected chi connectivity index (χ4v) is 4.42. The fraction of sp³-hybridized carbons (Fsp3) is 0.346. The number of phenolic OH excluding ortho intramolecular Hbond substituents is 1. The van der Waals surface area contributed by atoms with Gasteiger partial charge in [-0.05, 0) is 51.8 Å². The largest absolute Gasteiger partial charge is 0.506 e. The molecule has 5 rings (SSSR count). The van der Waals surface area contributed by atoms with Crippen molar-refractivity contribution in [3.63, 3.8) is 0 Å². The summed E-state index contributed by atoms with van der Waals surface area (Å²) in [6.07, 6.45) is 3.00. The summed E-state index contributed by atoms with van der Waals surface area (Å²) in [6.45, 7) is 7.81. The Morgan fingerprint density at radius 3 is 2.52 bits per heavy atom. The molecule has 7 nitrogen and oxygen atoms in total. The van der Waals surface area contributed by atoms with Crippen molar-refractivity contribution in [1.82, 2.24) is 0 Å². The van der Waals surface area contributed by atoms with Crippen LogP contribution in [0.3, 0.4) is 0 Å². The van der Waals surface area contributed by atoms with Crippen LogP contribution in [0.4, 0.5) is 0 Å². The van der Waals surface area contributed by atoms with Crippen molar-refractivity contribution in [2.45, 2.75) is 51.9 Å². The van der Waals surface area contributed by atoms with E-state index in [1.165, 1.54) is 6.26 Å². The number of hydrogen-bond donors (Lipinski definition) is 1. The quantitative estimate of drug-likeness (QED) is 0.430. The number of allylic oxidation sites excluding steroid dienone is 2. The van der Waals surface area contributed by atoms with Crippen LogP contribution in [0.1, 0.15) is 44.9 Å². The van der Waals surface area contributed by atoms with Gasteiger partial charge in [0.05, 0.1) is 18.2 Å². The Hall–Kier alpha value is -3.29. The first-order chi connectivity index (χ1) is 15.7. The van der Waals surface area contributed by atoms with E-state index in [2.05, 4.69) is 0 Å². The molecule has 1 saturated heterocycles. The molecule has 3 aromatic rings. The SMILES string of the molecule is COc1ccc(-c2coc3c(CC=C(C)C)c4c(c(O)c3c2=O)C2OOC2C(C)(C)O4)cc1. The number of methoxy groups -OCH3 is 1. The molecule has 1 aromatic heterocycles. The van der Waals surface area contributed by atoms with Gasteiger partial charge in [0.15, 0.2) is 12.2 Å². The molecule has 2 aromatic carbocycles. The predicted molar refractivity (Wildman–Crippen MR) is 123 cm³/mol. The molecular formula is C26H26O7. The van der Waals surface area contributed by atoms with Gasteiger partial charge in [-0.1, -0.05) is 23.8 Å². The molecule has 2 aliphatic rings. The first-order valence-electron chi connectivity index (χ1n) is 10.8. The van der Waals surface area contributed by atoms with E-state index >= 15 is 0 Å². The van der Waals surface area contributed by atoms with Gasteiger partial charge >= 0.3 is 0 Å². The summed E-state index contributed by atoms with van der Waals surface area (Å²) in [5.74, 6) is 0.962. The summed E-state index contributed by atoms with van der Waals surface area (Å²) in [5.41, 5.74) is 2.52. The number of phenols is 1. The molecule has 7 heteroatoms. The summed E-state index contributed by atoms with van der Waals surface area (Å²) < 4.78 is 17.5. The molecule has 0 aliphatic carbocycles. The zero-order chi connectivity index (χ0) is 23.5. The fourth-order valence-electron chi connectivity index (χ4n) is 4.42. The molecule has 0 radical (unpaired) electrons.